The van der Waals surface area contributed by atoms with Crippen LogP contribution in [0.3, 0.4) is 0 Å². The highest BCUT2D eigenvalue weighted by atomic mass is 32.2. The number of nitrogens with one attached hydrogen (secondary N) is 2. The highest BCUT2D eigenvalue weighted by Gasteiger charge is 2.21. The summed E-state index contributed by atoms with van der Waals surface area (Å²) < 4.78 is 0. The summed E-state index contributed by atoms with van der Waals surface area (Å²) in [5.41, 5.74) is 4.12. The van der Waals surface area contributed by atoms with Crippen molar-refractivity contribution < 1.29 is 4.79 Å². The molecule has 4 rings (SSSR count). The van der Waals surface area contributed by atoms with Gasteiger partial charge < -0.3 is 10.3 Å². The molecule has 170 valence electrons. The highest BCUT2D eigenvalue weighted by Crippen LogP contribution is 2.27. The van der Waals surface area contributed by atoms with Crippen molar-refractivity contribution in [3.63, 3.8) is 0 Å². The number of benzene rings is 2. The number of amides is 1. The summed E-state index contributed by atoms with van der Waals surface area (Å²) >= 11 is 2.99. The minimum absolute atomic E-state index is 0.0549. The molecule has 1 amide bonds. The van der Waals surface area contributed by atoms with E-state index in [9.17, 15) is 9.59 Å². The fraction of sp³-hybridized carbons (Fsp3) is 0.269. The molecule has 0 aliphatic carbocycles. The van der Waals surface area contributed by atoms with Crippen LogP contribution in [0.2, 0.25) is 0 Å². The molecular weight excluding hydrogens is 450 g/mol. The molecule has 2 N–H and O–H groups in total. The number of rotatable bonds is 7. The normalized spacial score (nSPS) is 13.1. The number of thioether (sulfide) groups is 1. The number of aryl methyl sites for hydroxylation is 3. The quantitative estimate of drug-likeness (QED) is 0.372. The summed E-state index contributed by atoms with van der Waals surface area (Å²) in [6.45, 7) is 7.88. The van der Waals surface area contributed by atoms with E-state index in [0.717, 1.165) is 26.4 Å². The predicted octanol–water partition coefficient (Wildman–Crippen LogP) is 5.44. The molecule has 0 fully saturated rings. The molecule has 0 aliphatic heterocycles. The predicted molar refractivity (Wildman–Crippen MR) is 138 cm³/mol. The van der Waals surface area contributed by atoms with E-state index in [4.69, 9.17) is 0 Å². The van der Waals surface area contributed by atoms with E-state index in [1.54, 1.807) is 0 Å². The average Bonchev–Trinajstić information content (AvgIpc) is 3.10. The lowest BCUT2D eigenvalue weighted by atomic mass is 9.97. The van der Waals surface area contributed by atoms with Crippen LogP contribution in [0.15, 0.2) is 59.4 Å². The summed E-state index contributed by atoms with van der Waals surface area (Å²) in [6, 6.07) is 18.0. The third-order valence-electron chi connectivity index (χ3n) is 5.76. The summed E-state index contributed by atoms with van der Waals surface area (Å²) in [4.78, 5) is 35.0. The van der Waals surface area contributed by atoms with Crippen LogP contribution < -0.4 is 10.9 Å². The number of carbonyl (C=O) groups is 1. The van der Waals surface area contributed by atoms with Crippen molar-refractivity contribution in [3.8, 4) is 0 Å². The van der Waals surface area contributed by atoms with Gasteiger partial charge in [-0.15, -0.1) is 23.1 Å². The van der Waals surface area contributed by atoms with Crippen molar-refractivity contribution in [2.24, 2.45) is 0 Å². The van der Waals surface area contributed by atoms with Crippen molar-refractivity contribution in [2.75, 3.05) is 0 Å². The molecule has 0 aliphatic rings. The molecule has 2 aromatic carbocycles. The first-order chi connectivity index (χ1) is 15.8. The highest BCUT2D eigenvalue weighted by molar-refractivity contribution is 7.99. The summed E-state index contributed by atoms with van der Waals surface area (Å²) in [5, 5.41) is 3.56. The zero-order valence-electron chi connectivity index (χ0n) is 19.1. The molecule has 2 unspecified atom stereocenters. The second kappa shape index (κ2) is 9.93. The van der Waals surface area contributed by atoms with Gasteiger partial charge in [0.05, 0.1) is 22.4 Å². The van der Waals surface area contributed by atoms with Gasteiger partial charge in [-0.3, -0.25) is 9.59 Å². The maximum atomic E-state index is 13.1. The van der Waals surface area contributed by atoms with Gasteiger partial charge in [0, 0.05) is 4.88 Å². The Bertz CT molecular complexity index is 1330. The molecule has 0 radical (unpaired) electrons. The molecule has 0 saturated carbocycles. The SMILES string of the molecule is Cc1ccc(C(NC(=O)C(C)SCc2nc3sc(C)c(C)c3c(=O)[nH]2)c2ccccc2)cc1. The molecule has 4 aromatic rings. The zero-order chi connectivity index (χ0) is 23.5. The lowest BCUT2D eigenvalue weighted by molar-refractivity contribution is -0.120. The third kappa shape index (κ3) is 5.20. The van der Waals surface area contributed by atoms with E-state index in [0.29, 0.717) is 17.0 Å². The Morgan fingerprint density at radius 3 is 2.42 bits per heavy atom. The number of H-pyrrole nitrogens is 1. The van der Waals surface area contributed by atoms with Gasteiger partial charge in [0.25, 0.3) is 5.56 Å². The molecule has 0 bridgehead atoms. The largest absolute Gasteiger partial charge is 0.344 e. The number of thiophene rings is 1. The first kappa shape index (κ1) is 23.3. The summed E-state index contributed by atoms with van der Waals surface area (Å²) in [6.07, 6.45) is 0. The molecular formula is C26H27N3O2S2. The number of carbonyl (C=O) groups excluding carboxylic acids is 1. The fourth-order valence-corrected chi connectivity index (χ4v) is 5.48. The molecule has 2 heterocycles. The van der Waals surface area contributed by atoms with E-state index in [1.165, 1.54) is 28.7 Å². The Morgan fingerprint density at radius 2 is 1.73 bits per heavy atom. The van der Waals surface area contributed by atoms with Gasteiger partial charge in [0.15, 0.2) is 0 Å². The monoisotopic (exact) mass is 477 g/mol. The molecule has 2 atom stereocenters. The molecule has 33 heavy (non-hydrogen) atoms. The van der Waals surface area contributed by atoms with Crippen LogP contribution in [-0.2, 0) is 10.5 Å². The fourth-order valence-electron chi connectivity index (χ4n) is 3.67. The van der Waals surface area contributed by atoms with Crippen molar-refractivity contribution in [3.05, 3.63) is 97.9 Å². The molecule has 5 nitrogen and oxygen atoms in total. The van der Waals surface area contributed by atoms with Crippen LogP contribution >= 0.6 is 23.1 Å². The number of aromatic amines is 1. The van der Waals surface area contributed by atoms with Crippen molar-refractivity contribution in [1.29, 1.82) is 0 Å². The molecule has 0 spiro atoms. The number of fused-ring (bicyclic) bond motifs is 1. The molecule has 2 aromatic heterocycles. The van der Waals surface area contributed by atoms with Crippen LogP contribution in [-0.4, -0.2) is 21.1 Å². The van der Waals surface area contributed by atoms with Crippen LogP contribution in [0, 0.1) is 20.8 Å². The Hall–Kier alpha value is -2.90. The first-order valence-corrected chi connectivity index (χ1v) is 12.7. The third-order valence-corrected chi connectivity index (χ3v) is 8.01. The van der Waals surface area contributed by atoms with Crippen LogP contribution in [0.1, 0.15) is 45.9 Å². The topological polar surface area (TPSA) is 74.8 Å². The minimum atomic E-state index is -0.311. The second-order valence-corrected chi connectivity index (χ2v) is 10.7. The standard InChI is InChI=1S/C26H27N3O2S2/c1-15-10-12-20(13-11-15)23(19-8-6-5-7-9-19)29-24(30)18(4)32-14-21-27-25(31)22-16(2)17(3)33-26(22)28-21/h5-13,18,23H,14H2,1-4H3,(H,29,30)(H,27,28,31). The number of hydrogen-bond acceptors (Lipinski definition) is 5. The van der Waals surface area contributed by atoms with E-state index < -0.39 is 0 Å². The van der Waals surface area contributed by atoms with Gasteiger partial charge in [-0.2, -0.15) is 0 Å². The van der Waals surface area contributed by atoms with Gasteiger partial charge in [0.1, 0.15) is 10.7 Å². The van der Waals surface area contributed by atoms with E-state index in [2.05, 4.69) is 39.6 Å². The van der Waals surface area contributed by atoms with Gasteiger partial charge in [-0.1, -0.05) is 60.2 Å². The molecule has 0 saturated heterocycles. The van der Waals surface area contributed by atoms with Gasteiger partial charge in [-0.25, -0.2) is 4.98 Å². The zero-order valence-corrected chi connectivity index (χ0v) is 20.8. The Balaban J connectivity index is 1.48. The molecule has 7 heteroatoms. The lowest BCUT2D eigenvalue weighted by Crippen LogP contribution is -2.35. The Kier molecular flexibility index (Phi) is 7.00. The first-order valence-electron chi connectivity index (χ1n) is 10.9. The van der Waals surface area contributed by atoms with Crippen LogP contribution in [0.5, 0.6) is 0 Å². The van der Waals surface area contributed by atoms with Crippen molar-refractivity contribution >= 4 is 39.2 Å². The summed E-state index contributed by atoms with van der Waals surface area (Å²) in [5.74, 6) is 0.994. The number of hydrogen-bond donors (Lipinski definition) is 2. The van der Waals surface area contributed by atoms with E-state index in [-0.39, 0.29) is 22.8 Å². The average molecular weight is 478 g/mol. The Labute approximate surface area is 201 Å². The lowest BCUT2D eigenvalue weighted by Gasteiger charge is -2.22. The van der Waals surface area contributed by atoms with Crippen molar-refractivity contribution in [1.82, 2.24) is 15.3 Å². The van der Waals surface area contributed by atoms with Crippen molar-refractivity contribution in [2.45, 2.75) is 44.7 Å². The van der Waals surface area contributed by atoms with Crippen LogP contribution in [0.4, 0.5) is 0 Å². The summed E-state index contributed by atoms with van der Waals surface area (Å²) in [7, 11) is 0. The number of aromatic nitrogens is 2. The number of nitrogens with zero attached hydrogens (tertiary/aromatic N) is 1. The van der Waals surface area contributed by atoms with Gasteiger partial charge >= 0.3 is 0 Å². The second-order valence-electron chi connectivity index (χ2n) is 8.19. The smallest absolute Gasteiger partial charge is 0.259 e. The maximum absolute atomic E-state index is 13.1. The van der Waals surface area contributed by atoms with Gasteiger partial charge in [0.2, 0.25) is 5.91 Å². The maximum Gasteiger partial charge on any atom is 0.259 e. The van der Waals surface area contributed by atoms with E-state index >= 15 is 0 Å². The minimum Gasteiger partial charge on any atom is -0.344 e. The van der Waals surface area contributed by atoms with Gasteiger partial charge in [-0.05, 0) is 44.4 Å². The Morgan fingerprint density at radius 1 is 1.06 bits per heavy atom. The van der Waals surface area contributed by atoms with Crippen LogP contribution in [0.25, 0.3) is 10.2 Å². The van der Waals surface area contributed by atoms with E-state index in [1.807, 2.05) is 58.0 Å².